The molecule has 0 saturated carbocycles. The number of rotatable bonds is 3. The summed E-state index contributed by atoms with van der Waals surface area (Å²) >= 11 is 1.90. The topological polar surface area (TPSA) is 20.3 Å². The van der Waals surface area contributed by atoms with Crippen molar-refractivity contribution >= 4 is 23.2 Å². The van der Waals surface area contributed by atoms with Gasteiger partial charge in [-0.05, 0) is 44.6 Å². The molecule has 0 radical (unpaired) electrons. The molecule has 4 heteroatoms. The maximum atomic E-state index is 13.8. The van der Waals surface area contributed by atoms with E-state index in [0.29, 0.717) is 5.25 Å². The first-order valence-electron chi connectivity index (χ1n) is 6.70. The van der Waals surface area contributed by atoms with Crippen molar-refractivity contribution in [3.8, 4) is 0 Å². The molecule has 1 fully saturated rings. The van der Waals surface area contributed by atoms with Gasteiger partial charge < -0.3 is 4.90 Å². The maximum absolute atomic E-state index is 13.8. The van der Waals surface area contributed by atoms with Crippen molar-refractivity contribution in [3.05, 3.63) is 29.6 Å². The first-order chi connectivity index (χ1) is 9.13. The number of carbonyl (C=O) groups is 1. The van der Waals surface area contributed by atoms with Crippen LogP contribution in [-0.2, 0) is 0 Å². The van der Waals surface area contributed by atoms with Crippen molar-refractivity contribution in [3.63, 3.8) is 0 Å². The summed E-state index contributed by atoms with van der Waals surface area (Å²) in [5.74, 6) is -0.602. The highest BCUT2D eigenvalue weighted by atomic mass is 32.2. The van der Waals surface area contributed by atoms with Gasteiger partial charge in [0.1, 0.15) is 5.82 Å². The van der Waals surface area contributed by atoms with Crippen LogP contribution in [0.1, 0.15) is 36.5 Å². The minimum atomic E-state index is -0.407. The fraction of sp³-hybridized carbons (Fsp3) is 0.533. The molecule has 1 saturated heterocycles. The summed E-state index contributed by atoms with van der Waals surface area (Å²) in [6.45, 7) is 3.24. The van der Waals surface area contributed by atoms with E-state index in [-0.39, 0.29) is 11.3 Å². The largest absolute Gasteiger partial charge is 0.371 e. The van der Waals surface area contributed by atoms with E-state index in [9.17, 15) is 9.18 Å². The molecular weight excluding hydrogens is 261 g/mol. The lowest BCUT2D eigenvalue weighted by molar-refractivity contribution is 0.101. The molecule has 0 spiro atoms. The number of benzene rings is 1. The number of hydrogen-bond donors (Lipinski definition) is 0. The predicted octanol–water partition coefficient (Wildman–Crippen LogP) is 3.75. The van der Waals surface area contributed by atoms with Gasteiger partial charge in [-0.25, -0.2) is 4.39 Å². The second-order valence-electron chi connectivity index (χ2n) is 4.97. The molecule has 19 heavy (non-hydrogen) atoms. The first-order valence-corrected chi connectivity index (χ1v) is 7.99. The lowest BCUT2D eigenvalue weighted by Gasteiger charge is -2.25. The summed E-state index contributed by atoms with van der Waals surface area (Å²) in [7, 11) is 0. The number of ketones is 1. The van der Waals surface area contributed by atoms with Crippen LogP contribution in [0.5, 0.6) is 0 Å². The zero-order valence-corrected chi connectivity index (χ0v) is 12.3. The molecule has 0 bridgehead atoms. The highest BCUT2D eigenvalue weighted by molar-refractivity contribution is 7.99. The molecule has 0 aromatic heterocycles. The molecule has 0 aliphatic carbocycles. The molecule has 1 aromatic carbocycles. The molecule has 1 atom stereocenters. The highest BCUT2D eigenvalue weighted by Gasteiger charge is 2.21. The SMILES string of the molecule is CSC1CCCN(c2cccc(F)c2C(C)=O)CC1. The van der Waals surface area contributed by atoms with Gasteiger partial charge in [0.05, 0.1) is 11.3 Å². The second kappa shape index (κ2) is 6.42. The van der Waals surface area contributed by atoms with E-state index in [1.54, 1.807) is 6.07 Å². The second-order valence-corrected chi connectivity index (χ2v) is 6.10. The minimum Gasteiger partial charge on any atom is -0.371 e. The third-order valence-electron chi connectivity index (χ3n) is 3.69. The Morgan fingerprint density at radius 3 is 2.84 bits per heavy atom. The molecule has 0 amide bonds. The number of carbonyl (C=O) groups excluding carboxylic acids is 1. The van der Waals surface area contributed by atoms with Crippen LogP contribution in [0.4, 0.5) is 10.1 Å². The fourth-order valence-electron chi connectivity index (χ4n) is 2.67. The van der Waals surface area contributed by atoms with E-state index in [0.717, 1.165) is 31.6 Å². The van der Waals surface area contributed by atoms with Crippen LogP contribution < -0.4 is 4.90 Å². The number of halogens is 1. The number of anilines is 1. The van der Waals surface area contributed by atoms with Crippen molar-refractivity contribution in [1.82, 2.24) is 0 Å². The number of Topliss-reactive ketones (excluding diaryl/α,β-unsaturated/α-hetero) is 1. The smallest absolute Gasteiger partial charge is 0.164 e. The first kappa shape index (κ1) is 14.4. The van der Waals surface area contributed by atoms with Gasteiger partial charge in [0.25, 0.3) is 0 Å². The normalized spacial score (nSPS) is 20.2. The lowest BCUT2D eigenvalue weighted by atomic mass is 10.1. The Morgan fingerprint density at radius 1 is 1.37 bits per heavy atom. The van der Waals surface area contributed by atoms with Crippen LogP contribution >= 0.6 is 11.8 Å². The quantitative estimate of drug-likeness (QED) is 0.787. The molecule has 1 aromatic rings. The standard InChI is InChI=1S/C15H20FNOS/c1-11(18)15-13(16)6-3-7-14(15)17-9-4-5-12(19-2)8-10-17/h3,6-7,12H,4-5,8-10H2,1-2H3. The molecule has 1 heterocycles. The number of nitrogens with zero attached hydrogens (tertiary/aromatic N) is 1. The fourth-order valence-corrected chi connectivity index (χ4v) is 3.41. The Morgan fingerprint density at radius 2 is 2.16 bits per heavy atom. The van der Waals surface area contributed by atoms with Crippen molar-refractivity contribution in [2.24, 2.45) is 0 Å². The van der Waals surface area contributed by atoms with Gasteiger partial charge in [0.2, 0.25) is 0 Å². The van der Waals surface area contributed by atoms with Gasteiger partial charge in [0.15, 0.2) is 5.78 Å². The third kappa shape index (κ3) is 3.30. The minimum absolute atomic E-state index is 0.196. The molecule has 104 valence electrons. The zero-order chi connectivity index (χ0) is 13.8. The predicted molar refractivity (Wildman–Crippen MR) is 79.8 cm³/mol. The molecule has 2 rings (SSSR count). The summed E-state index contributed by atoms with van der Waals surface area (Å²) < 4.78 is 13.8. The van der Waals surface area contributed by atoms with E-state index in [4.69, 9.17) is 0 Å². The summed E-state index contributed by atoms with van der Waals surface area (Å²) in [6.07, 6.45) is 5.53. The summed E-state index contributed by atoms with van der Waals surface area (Å²) in [5, 5.41) is 0.680. The zero-order valence-electron chi connectivity index (χ0n) is 11.5. The van der Waals surface area contributed by atoms with E-state index in [2.05, 4.69) is 11.2 Å². The van der Waals surface area contributed by atoms with Crippen LogP contribution in [0.25, 0.3) is 0 Å². The molecule has 1 aliphatic heterocycles. The van der Waals surface area contributed by atoms with Crippen LogP contribution in [0.2, 0.25) is 0 Å². The molecular formula is C15H20FNOS. The van der Waals surface area contributed by atoms with Gasteiger partial charge >= 0.3 is 0 Å². The van der Waals surface area contributed by atoms with Gasteiger partial charge in [-0.1, -0.05) is 6.07 Å². The summed E-state index contributed by atoms with van der Waals surface area (Å²) in [5.41, 5.74) is 0.999. The summed E-state index contributed by atoms with van der Waals surface area (Å²) in [4.78, 5) is 13.8. The maximum Gasteiger partial charge on any atom is 0.164 e. The van der Waals surface area contributed by atoms with Crippen LogP contribution in [0, 0.1) is 5.82 Å². The van der Waals surface area contributed by atoms with E-state index >= 15 is 0 Å². The molecule has 1 aliphatic rings. The lowest BCUT2D eigenvalue weighted by Crippen LogP contribution is -2.26. The molecule has 0 N–H and O–H groups in total. The van der Waals surface area contributed by atoms with Crippen molar-refractivity contribution in [2.75, 3.05) is 24.2 Å². The van der Waals surface area contributed by atoms with Crippen molar-refractivity contribution < 1.29 is 9.18 Å². The Bertz CT molecular complexity index is 463. The van der Waals surface area contributed by atoms with Gasteiger partial charge in [-0.15, -0.1) is 0 Å². The van der Waals surface area contributed by atoms with Gasteiger partial charge in [-0.3, -0.25) is 4.79 Å². The molecule has 1 unspecified atom stereocenters. The average Bonchev–Trinajstić information content (AvgIpc) is 2.63. The van der Waals surface area contributed by atoms with Gasteiger partial charge in [0, 0.05) is 18.3 Å². The number of hydrogen-bond acceptors (Lipinski definition) is 3. The number of thioether (sulfide) groups is 1. The average molecular weight is 281 g/mol. The monoisotopic (exact) mass is 281 g/mol. The Labute approximate surface area is 118 Å². The highest BCUT2D eigenvalue weighted by Crippen LogP contribution is 2.28. The Kier molecular flexibility index (Phi) is 4.86. The van der Waals surface area contributed by atoms with E-state index in [1.807, 2.05) is 17.8 Å². The van der Waals surface area contributed by atoms with Crippen LogP contribution in [-0.4, -0.2) is 30.4 Å². The Balaban J connectivity index is 2.26. The van der Waals surface area contributed by atoms with Crippen molar-refractivity contribution in [1.29, 1.82) is 0 Å². The van der Waals surface area contributed by atoms with Crippen LogP contribution in [0.3, 0.4) is 0 Å². The Hall–Kier alpha value is -1.03. The third-order valence-corrected chi connectivity index (χ3v) is 4.83. The molecule has 2 nitrogen and oxygen atoms in total. The van der Waals surface area contributed by atoms with Crippen LogP contribution in [0.15, 0.2) is 18.2 Å². The van der Waals surface area contributed by atoms with Gasteiger partial charge in [-0.2, -0.15) is 11.8 Å². The summed E-state index contributed by atoms with van der Waals surface area (Å²) in [6, 6.07) is 4.91. The van der Waals surface area contributed by atoms with E-state index < -0.39 is 5.82 Å². The van der Waals surface area contributed by atoms with E-state index in [1.165, 1.54) is 19.4 Å². The van der Waals surface area contributed by atoms with Crippen molar-refractivity contribution in [2.45, 2.75) is 31.4 Å².